The number of benzene rings is 8. The van der Waals surface area contributed by atoms with E-state index in [0.29, 0.717) is 5.46 Å². The lowest BCUT2D eigenvalue weighted by Crippen LogP contribution is -2.29. The molecule has 0 aliphatic carbocycles. The summed E-state index contributed by atoms with van der Waals surface area (Å²) < 4.78 is 1.09. The molecule has 0 aliphatic heterocycles. The molecule has 0 unspecified atom stereocenters. The minimum atomic E-state index is -1.48. The van der Waals surface area contributed by atoms with Crippen molar-refractivity contribution < 1.29 is 10.0 Å². The third-order valence-electron chi connectivity index (χ3n) is 10.1. The van der Waals surface area contributed by atoms with E-state index in [1.54, 1.807) is 0 Å². The van der Waals surface area contributed by atoms with E-state index in [1.807, 2.05) is 98.8 Å². The number of halogens is 1. The molecule has 0 fully saturated rings. The van der Waals surface area contributed by atoms with Crippen LogP contribution in [-0.2, 0) is 0 Å². The average Bonchev–Trinajstić information content (AvgIpc) is 3.26. The number of aryl methyl sites for hydroxylation is 4. The second-order valence-electron chi connectivity index (χ2n) is 14.5. The van der Waals surface area contributed by atoms with Crippen LogP contribution in [0.4, 0.5) is 11.4 Å². The number of anilines is 2. The molecule has 0 spiro atoms. The molecule has 0 amide bonds. The van der Waals surface area contributed by atoms with Crippen LogP contribution >= 0.6 is 15.9 Å². The smallest absolute Gasteiger partial charge is 0.423 e. The molecule has 0 radical (unpaired) electrons. The highest BCUT2D eigenvalue weighted by molar-refractivity contribution is 9.10. The van der Waals surface area contributed by atoms with E-state index in [9.17, 15) is 10.0 Å². The molecule has 0 saturated carbocycles. The third kappa shape index (κ3) is 10.6. The molecule has 8 aromatic carbocycles. The fourth-order valence-electron chi connectivity index (χ4n) is 6.85. The maximum Gasteiger partial charge on any atom is 0.488 e. The lowest BCUT2D eigenvalue weighted by molar-refractivity contribution is 0.426. The van der Waals surface area contributed by atoms with Crippen molar-refractivity contribution in [3.8, 4) is 55.6 Å². The second kappa shape index (κ2) is 19.3. The maximum absolute atomic E-state index is 9.52. The van der Waals surface area contributed by atoms with Gasteiger partial charge in [0.1, 0.15) is 0 Å². The minimum absolute atomic E-state index is 0.496. The average molecular weight is 824 g/mol. The molecule has 4 nitrogen and oxygen atoms in total. The Kier molecular flexibility index (Phi) is 13.8. The SMILES string of the molecule is Cc1cc(-c2cc(-c3ccccc3)cc(-c3ccccc3)c2)cc(C)c1N.Cc1cc(Br)cc(C)c1N.OB(O)c1cc(-c2ccccc2)cc(-c2ccccc2)c1. The van der Waals surface area contributed by atoms with Crippen LogP contribution in [0.3, 0.4) is 0 Å². The summed E-state index contributed by atoms with van der Waals surface area (Å²) >= 11 is 3.39. The zero-order valence-corrected chi connectivity index (χ0v) is 34.9. The highest BCUT2D eigenvalue weighted by Gasteiger charge is 2.15. The van der Waals surface area contributed by atoms with E-state index >= 15 is 0 Å². The number of nitrogen functional groups attached to an aromatic ring is 2. The first-order valence-electron chi connectivity index (χ1n) is 19.2. The van der Waals surface area contributed by atoms with Crippen LogP contribution < -0.4 is 16.9 Å². The molecule has 6 N–H and O–H groups in total. The highest BCUT2D eigenvalue weighted by atomic mass is 79.9. The van der Waals surface area contributed by atoms with Crippen molar-refractivity contribution in [3.63, 3.8) is 0 Å². The Labute approximate surface area is 351 Å². The van der Waals surface area contributed by atoms with Crippen LogP contribution in [0.5, 0.6) is 0 Å². The van der Waals surface area contributed by atoms with Crippen molar-refractivity contribution in [1.29, 1.82) is 0 Å². The van der Waals surface area contributed by atoms with Crippen LogP contribution in [0.1, 0.15) is 22.3 Å². The molecule has 0 bridgehead atoms. The monoisotopic (exact) mass is 822 g/mol. The number of hydrogen-bond acceptors (Lipinski definition) is 4. The first kappa shape index (κ1) is 41.5. The fraction of sp³-hybridized carbons (Fsp3) is 0.0769. The normalized spacial score (nSPS) is 10.5. The standard InChI is InChI=1S/C26H23N.C18H15BO2.C8H10BrN/c1-18-13-22(14-19(2)26(18)27)25-16-23(20-9-5-3-6-10-20)15-24(17-25)21-11-7-4-8-12-21;20-19(21)18-12-16(14-7-3-1-4-8-14)11-17(13-18)15-9-5-2-6-10-15;1-5-3-7(9)4-6(2)8(5)10/h3-17H,27H2,1-2H3;1-13,20-21H;3-4H,10H2,1-2H3. The topological polar surface area (TPSA) is 92.5 Å². The Hall–Kier alpha value is -6.18. The van der Waals surface area contributed by atoms with Crippen molar-refractivity contribution >= 4 is 39.9 Å². The summed E-state index contributed by atoms with van der Waals surface area (Å²) in [6.45, 7) is 8.16. The summed E-state index contributed by atoms with van der Waals surface area (Å²) in [7, 11) is -1.48. The van der Waals surface area contributed by atoms with Gasteiger partial charge in [-0.05, 0) is 160 Å². The Balaban J connectivity index is 0.000000162. The van der Waals surface area contributed by atoms with Gasteiger partial charge in [-0.3, -0.25) is 0 Å². The lowest BCUT2D eigenvalue weighted by atomic mass is 9.77. The second-order valence-corrected chi connectivity index (χ2v) is 15.4. The van der Waals surface area contributed by atoms with Gasteiger partial charge in [0.25, 0.3) is 0 Å². The van der Waals surface area contributed by atoms with E-state index in [2.05, 4.69) is 127 Å². The summed E-state index contributed by atoms with van der Waals surface area (Å²) in [6, 6.07) is 61.8. The van der Waals surface area contributed by atoms with Gasteiger partial charge in [-0.25, -0.2) is 0 Å². The lowest BCUT2D eigenvalue weighted by Gasteiger charge is -2.13. The molecule has 8 aromatic rings. The van der Waals surface area contributed by atoms with Gasteiger partial charge in [-0.2, -0.15) is 0 Å². The third-order valence-corrected chi connectivity index (χ3v) is 10.6. The summed E-state index contributed by atoms with van der Waals surface area (Å²) in [6.07, 6.45) is 0. The zero-order valence-electron chi connectivity index (χ0n) is 33.3. The molecule has 0 saturated heterocycles. The van der Waals surface area contributed by atoms with Crippen LogP contribution in [0.15, 0.2) is 186 Å². The van der Waals surface area contributed by atoms with E-state index in [4.69, 9.17) is 11.5 Å². The number of hydrogen-bond donors (Lipinski definition) is 4. The summed E-state index contributed by atoms with van der Waals surface area (Å²) in [5, 5.41) is 19.0. The van der Waals surface area contributed by atoms with Gasteiger partial charge in [-0.1, -0.05) is 149 Å². The molecule has 0 heterocycles. The quantitative estimate of drug-likeness (QED) is 0.0993. The van der Waals surface area contributed by atoms with Gasteiger partial charge in [0, 0.05) is 15.8 Å². The van der Waals surface area contributed by atoms with Crippen LogP contribution in [-0.4, -0.2) is 17.2 Å². The first-order chi connectivity index (χ1) is 28.0. The van der Waals surface area contributed by atoms with Crippen LogP contribution in [0, 0.1) is 27.7 Å². The molecule has 58 heavy (non-hydrogen) atoms. The van der Waals surface area contributed by atoms with Gasteiger partial charge < -0.3 is 21.5 Å². The summed E-state index contributed by atoms with van der Waals surface area (Å²) in [5.41, 5.74) is 30.0. The van der Waals surface area contributed by atoms with Crippen molar-refractivity contribution in [2.24, 2.45) is 0 Å². The molecule has 8 rings (SSSR count). The van der Waals surface area contributed by atoms with Crippen molar-refractivity contribution in [3.05, 3.63) is 209 Å². The molecular formula is C52H48BBrN2O2. The number of nitrogens with two attached hydrogens (primary N) is 2. The maximum atomic E-state index is 9.52. The largest absolute Gasteiger partial charge is 0.488 e. The van der Waals surface area contributed by atoms with Crippen molar-refractivity contribution in [2.45, 2.75) is 27.7 Å². The molecule has 0 aromatic heterocycles. The van der Waals surface area contributed by atoms with E-state index in [-0.39, 0.29) is 0 Å². The predicted octanol–water partition coefficient (Wildman–Crippen LogP) is 12.2. The van der Waals surface area contributed by atoms with Crippen LogP contribution in [0.2, 0.25) is 0 Å². The Morgan fingerprint density at radius 1 is 0.345 bits per heavy atom. The molecule has 0 atom stereocenters. The first-order valence-corrected chi connectivity index (χ1v) is 20.0. The highest BCUT2D eigenvalue weighted by Crippen LogP contribution is 2.35. The molecular weight excluding hydrogens is 775 g/mol. The summed E-state index contributed by atoms with van der Waals surface area (Å²) in [5.74, 6) is 0. The summed E-state index contributed by atoms with van der Waals surface area (Å²) in [4.78, 5) is 0. The Morgan fingerprint density at radius 3 is 0.879 bits per heavy atom. The molecule has 6 heteroatoms. The Bertz CT molecular complexity index is 2440. The van der Waals surface area contributed by atoms with E-state index in [1.165, 1.54) is 33.4 Å². The van der Waals surface area contributed by atoms with Gasteiger partial charge in [0.05, 0.1) is 0 Å². The van der Waals surface area contributed by atoms with Crippen molar-refractivity contribution in [1.82, 2.24) is 0 Å². The van der Waals surface area contributed by atoms with Gasteiger partial charge >= 0.3 is 7.12 Å². The van der Waals surface area contributed by atoms with E-state index in [0.717, 1.165) is 60.4 Å². The van der Waals surface area contributed by atoms with Crippen LogP contribution in [0.25, 0.3) is 55.6 Å². The molecule has 288 valence electrons. The fourth-order valence-corrected chi connectivity index (χ4v) is 7.53. The van der Waals surface area contributed by atoms with Gasteiger partial charge in [0.15, 0.2) is 0 Å². The molecule has 0 aliphatic rings. The number of rotatable bonds is 6. The minimum Gasteiger partial charge on any atom is -0.423 e. The van der Waals surface area contributed by atoms with Gasteiger partial charge in [0.2, 0.25) is 0 Å². The zero-order chi connectivity index (χ0) is 41.2. The van der Waals surface area contributed by atoms with Gasteiger partial charge in [-0.15, -0.1) is 0 Å². The van der Waals surface area contributed by atoms with E-state index < -0.39 is 7.12 Å². The predicted molar refractivity (Wildman–Crippen MR) is 252 cm³/mol. The van der Waals surface area contributed by atoms with Crippen molar-refractivity contribution in [2.75, 3.05) is 11.5 Å². The Morgan fingerprint density at radius 2 is 0.586 bits per heavy atom.